The largest absolute Gasteiger partial charge is 0.314 e. The predicted octanol–water partition coefficient (Wildman–Crippen LogP) is 3.28. The average molecular weight is 264 g/mol. The third-order valence-electron chi connectivity index (χ3n) is 6.33. The van der Waals surface area contributed by atoms with Gasteiger partial charge in [0, 0.05) is 12.1 Å². The number of nitrogens with zero attached hydrogens (tertiary/aromatic N) is 1. The molecule has 3 rings (SSSR count). The van der Waals surface area contributed by atoms with E-state index in [0.29, 0.717) is 0 Å². The molecule has 3 aliphatic rings. The zero-order valence-corrected chi connectivity index (χ0v) is 12.9. The molecule has 19 heavy (non-hydrogen) atoms. The van der Waals surface area contributed by atoms with Gasteiger partial charge in [-0.1, -0.05) is 13.8 Å². The van der Waals surface area contributed by atoms with Gasteiger partial charge in [-0.2, -0.15) is 0 Å². The molecule has 2 nitrogen and oxygen atoms in total. The van der Waals surface area contributed by atoms with E-state index >= 15 is 0 Å². The second kappa shape index (κ2) is 6.13. The molecule has 0 bridgehead atoms. The lowest BCUT2D eigenvalue weighted by Gasteiger charge is -2.43. The van der Waals surface area contributed by atoms with E-state index in [9.17, 15) is 0 Å². The molecular formula is C17H32N2. The summed E-state index contributed by atoms with van der Waals surface area (Å²) in [5.41, 5.74) is 0. The number of nitrogens with one attached hydrogen (secondary N) is 1. The van der Waals surface area contributed by atoms with Gasteiger partial charge >= 0.3 is 0 Å². The molecule has 110 valence electrons. The van der Waals surface area contributed by atoms with Crippen LogP contribution in [-0.4, -0.2) is 36.6 Å². The van der Waals surface area contributed by atoms with Crippen molar-refractivity contribution in [1.29, 1.82) is 0 Å². The summed E-state index contributed by atoms with van der Waals surface area (Å²) < 4.78 is 0. The summed E-state index contributed by atoms with van der Waals surface area (Å²) in [6, 6.07) is 1.76. The van der Waals surface area contributed by atoms with E-state index in [1.165, 1.54) is 64.6 Å². The van der Waals surface area contributed by atoms with Gasteiger partial charge in [-0.25, -0.2) is 0 Å². The molecule has 0 amide bonds. The Labute approximate surface area is 119 Å². The van der Waals surface area contributed by atoms with Crippen molar-refractivity contribution in [2.24, 2.45) is 17.8 Å². The Morgan fingerprint density at radius 3 is 2.32 bits per heavy atom. The van der Waals surface area contributed by atoms with Crippen molar-refractivity contribution in [3.8, 4) is 0 Å². The molecule has 0 aromatic rings. The fraction of sp³-hybridized carbons (Fsp3) is 1.00. The zero-order valence-electron chi connectivity index (χ0n) is 12.9. The van der Waals surface area contributed by atoms with E-state index in [1.807, 2.05) is 0 Å². The highest BCUT2D eigenvalue weighted by atomic mass is 15.2. The number of hydrogen-bond acceptors (Lipinski definition) is 2. The normalized spacial score (nSPS) is 42.6. The van der Waals surface area contributed by atoms with Gasteiger partial charge < -0.3 is 10.2 Å². The van der Waals surface area contributed by atoms with Crippen molar-refractivity contribution >= 4 is 0 Å². The molecule has 2 saturated heterocycles. The first-order valence-corrected chi connectivity index (χ1v) is 8.71. The summed E-state index contributed by atoms with van der Waals surface area (Å²) >= 11 is 0. The predicted molar refractivity (Wildman–Crippen MR) is 81.3 cm³/mol. The molecule has 1 saturated carbocycles. The standard InChI is InChI=1S/C17H32N2/c1-13-5-6-16(12-14(13)2)19-10-7-15(8-11-19)17-4-3-9-18-17/h13-18H,3-12H2,1-2H3. The van der Waals surface area contributed by atoms with Gasteiger partial charge in [0.2, 0.25) is 0 Å². The smallest absolute Gasteiger partial charge is 0.00979 e. The molecule has 0 spiro atoms. The fourth-order valence-electron chi connectivity index (χ4n) is 4.65. The Bertz CT molecular complexity index is 277. The summed E-state index contributed by atoms with van der Waals surface area (Å²) in [5.74, 6) is 2.86. The number of piperidine rings is 1. The molecule has 2 aliphatic heterocycles. The molecule has 2 heterocycles. The molecule has 1 N–H and O–H groups in total. The van der Waals surface area contributed by atoms with Gasteiger partial charge in [0.25, 0.3) is 0 Å². The molecule has 0 aromatic heterocycles. The first-order valence-electron chi connectivity index (χ1n) is 8.71. The average Bonchev–Trinajstić information content (AvgIpc) is 2.96. The van der Waals surface area contributed by atoms with E-state index < -0.39 is 0 Å². The molecule has 4 unspecified atom stereocenters. The lowest BCUT2D eigenvalue weighted by atomic mass is 9.77. The van der Waals surface area contributed by atoms with Crippen molar-refractivity contribution in [1.82, 2.24) is 10.2 Å². The molecular weight excluding hydrogens is 232 g/mol. The van der Waals surface area contributed by atoms with Crippen LogP contribution in [-0.2, 0) is 0 Å². The van der Waals surface area contributed by atoms with Crippen LogP contribution >= 0.6 is 0 Å². The van der Waals surface area contributed by atoms with Gasteiger partial charge in [0.1, 0.15) is 0 Å². The molecule has 2 heteroatoms. The van der Waals surface area contributed by atoms with E-state index in [-0.39, 0.29) is 0 Å². The van der Waals surface area contributed by atoms with E-state index in [4.69, 9.17) is 0 Å². The second-order valence-corrected chi connectivity index (χ2v) is 7.50. The number of hydrogen-bond donors (Lipinski definition) is 1. The Hall–Kier alpha value is -0.0800. The van der Waals surface area contributed by atoms with Gasteiger partial charge in [0.05, 0.1) is 0 Å². The van der Waals surface area contributed by atoms with Gasteiger partial charge in [-0.05, 0) is 82.3 Å². The van der Waals surface area contributed by atoms with E-state index in [1.54, 1.807) is 0 Å². The lowest BCUT2D eigenvalue weighted by Crippen LogP contribution is -2.47. The molecule has 0 radical (unpaired) electrons. The van der Waals surface area contributed by atoms with Crippen molar-refractivity contribution in [2.75, 3.05) is 19.6 Å². The molecule has 0 aromatic carbocycles. The topological polar surface area (TPSA) is 15.3 Å². The van der Waals surface area contributed by atoms with Crippen molar-refractivity contribution in [3.63, 3.8) is 0 Å². The summed E-state index contributed by atoms with van der Waals surface area (Å²) in [4.78, 5) is 2.83. The SMILES string of the molecule is CC1CCC(N2CCC(C3CCCN3)CC2)CC1C. The van der Waals surface area contributed by atoms with Crippen molar-refractivity contribution in [3.05, 3.63) is 0 Å². The zero-order chi connectivity index (χ0) is 13.2. The minimum absolute atomic E-state index is 0.854. The molecule has 4 atom stereocenters. The molecule has 1 aliphatic carbocycles. The Morgan fingerprint density at radius 2 is 1.68 bits per heavy atom. The minimum Gasteiger partial charge on any atom is -0.314 e. The number of likely N-dealkylation sites (tertiary alicyclic amines) is 1. The van der Waals surface area contributed by atoms with Crippen LogP contribution in [0.15, 0.2) is 0 Å². The van der Waals surface area contributed by atoms with E-state index in [0.717, 1.165) is 29.8 Å². The summed E-state index contributed by atoms with van der Waals surface area (Å²) in [7, 11) is 0. The second-order valence-electron chi connectivity index (χ2n) is 7.50. The minimum atomic E-state index is 0.854. The highest BCUT2D eigenvalue weighted by Crippen LogP contribution is 2.34. The summed E-state index contributed by atoms with van der Waals surface area (Å²) in [6.45, 7) is 8.91. The van der Waals surface area contributed by atoms with E-state index in [2.05, 4.69) is 24.1 Å². The molecule has 3 fully saturated rings. The van der Waals surface area contributed by atoms with Crippen LogP contribution in [0.5, 0.6) is 0 Å². The van der Waals surface area contributed by atoms with Crippen molar-refractivity contribution < 1.29 is 0 Å². The maximum absolute atomic E-state index is 3.72. The van der Waals surface area contributed by atoms with Gasteiger partial charge in [0.15, 0.2) is 0 Å². The van der Waals surface area contributed by atoms with Gasteiger partial charge in [-0.15, -0.1) is 0 Å². The summed E-state index contributed by atoms with van der Waals surface area (Å²) in [5, 5.41) is 3.72. The van der Waals surface area contributed by atoms with Crippen LogP contribution in [0.1, 0.15) is 58.8 Å². The van der Waals surface area contributed by atoms with Crippen LogP contribution in [0.3, 0.4) is 0 Å². The summed E-state index contributed by atoms with van der Waals surface area (Å²) in [6.07, 6.45) is 10.1. The number of rotatable bonds is 2. The van der Waals surface area contributed by atoms with Crippen molar-refractivity contribution in [2.45, 2.75) is 70.9 Å². The van der Waals surface area contributed by atoms with Crippen LogP contribution in [0.2, 0.25) is 0 Å². The highest BCUT2D eigenvalue weighted by Gasteiger charge is 2.33. The maximum atomic E-state index is 3.72. The monoisotopic (exact) mass is 264 g/mol. The third-order valence-corrected chi connectivity index (χ3v) is 6.33. The third kappa shape index (κ3) is 3.16. The Morgan fingerprint density at radius 1 is 0.895 bits per heavy atom. The Balaban J connectivity index is 1.47. The van der Waals surface area contributed by atoms with Crippen LogP contribution in [0, 0.1) is 17.8 Å². The lowest BCUT2D eigenvalue weighted by molar-refractivity contribution is 0.0696. The first-order chi connectivity index (χ1) is 9.24. The maximum Gasteiger partial charge on any atom is 0.00979 e. The first kappa shape index (κ1) is 13.9. The van der Waals surface area contributed by atoms with Gasteiger partial charge in [-0.3, -0.25) is 0 Å². The van der Waals surface area contributed by atoms with Crippen LogP contribution < -0.4 is 5.32 Å². The van der Waals surface area contributed by atoms with Crippen LogP contribution in [0.25, 0.3) is 0 Å². The highest BCUT2D eigenvalue weighted by molar-refractivity contribution is 4.89. The van der Waals surface area contributed by atoms with Crippen LogP contribution in [0.4, 0.5) is 0 Å². The quantitative estimate of drug-likeness (QED) is 0.823. The fourth-order valence-corrected chi connectivity index (χ4v) is 4.65. The Kier molecular flexibility index (Phi) is 4.48.